The van der Waals surface area contributed by atoms with Gasteiger partial charge >= 0.3 is 0 Å². The highest BCUT2D eigenvalue weighted by Gasteiger charge is 1.95. The van der Waals surface area contributed by atoms with Crippen LogP contribution in [-0.4, -0.2) is 26.2 Å². The lowest BCUT2D eigenvalue weighted by Gasteiger charge is -2.00. The van der Waals surface area contributed by atoms with Gasteiger partial charge in [-0.25, -0.2) is 0 Å². The first kappa shape index (κ1) is 10.2. The van der Waals surface area contributed by atoms with Gasteiger partial charge in [0.15, 0.2) is 0 Å². The molecule has 0 radical (unpaired) electrons. The van der Waals surface area contributed by atoms with Crippen molar-refractivity contribution in [2.24, 2.45) is 0 Å². The maximum atomic E-state index is 10.7. The molecule has 0 rings (SSSR count). The Hall–Kier alpha value is -0.830. The first-order chi connectivity index (χ1) is 5.31. The summed E-state index contributed by atoms with van der Waals surface area (Å²) in [6.45, 7) is 2.79. The zero-order chi connectivity index (χ0) is 8.53. The lowest BCUT2D eigenvalue weighted by Crippen LogP contribution is -2.27. The Bertz CT molecular complexity index is 132. The Morgan fingerprint density at radius 2 is 2.36 bits per heavy atom. The predicted octanol–water partition coefficient (Wildman–Crippen LogP) is 0.715. The summed E-state index contributed by atoms with van der Waals surface area (Å²) in [5.41, 5.74) is 0. The van der Waals surface area contributed by atoms with E-state index in [0.29, 0.717) is 6.54 Å². The standard InChI is InChI=1S/C8H15NO2/c1-3-4-5-6-9-8(10)7-11-2/h3-4H,5-7H2,1-2H3,(H,9,10)/b4-3+. The largest absolute Gasteiger partial charge is 0.375 e. The highest BCUT2D eigenvalue weighted by Crippen LogP contribution is 1.79. The lowest BCUT2D eigenvalue weighted by molar-refractivity contribution is -0.124. The molecule has 64 valence electrons. The molecule has 0 aliphatic rings. The number of hydrogen-bond acceptors (Lipinski definition) is 2. The van der Waals surface area contributed by atoms with Crippen LogP contribution in [0.2, 0.25) is 0 Å². The molecule has 11 heavy (non-hydrogen) atoms. The smallest absolute Gasteiger partial charge is 0.245 e. The summed E-state index contributed by atoms with van der Waals surface area (Å²) in [6.07, 6.45) is 4.85. The van der Waals surface area contributed by atoms with E-state index in [1.165, 1.54) is 7.11 Å². The molecule has 0 heterocycles. The van der Waals surface area contributed by atoms with Gasteiger partial charge < -0.3 is 10.1 Å². The Morgan fingerprint density at radius 3 is 2.91 bits per heavy atom. The summed E-state index contributed by atoms with van der Waals surface area (Å²) in [6, 6.07) is 0. The molecule has 1 N–H and O–H groups in total. The summed E-state index contributed by atoms with van der Waals surface area (Å²) in [4.78, 5) is 10.7. The van der Waals surface area contributed by atoms with Gasteiger partial charge in [0.1, 0.15) is 6.61 Å². The first-order valence-electron chi connectivity index (χ1n) is 3.68. The predicted molar refractivity (Wildman–Crippen MR) is 44.3 cm³/mol. The SMILES string of the molecule is C/C=C/CCNC(=O)COC. The summed E-state index contributed by atoms with van der Waals surface area (Å²) >= 11 is 0. The molecule has 0 saturated heterocycles. The fourth-order valence-electron chi connectivity index (χ4n) is 0.644. The van der Waals surface area contributed by atoms with E-state index >= 15 is 0 Å². The zero-order valence-corrected chi connectivity index (χ0v) is 7.09. The average Bonchev–Trinajstić information content (AvgIpc) is 1.99. The van der Waals surface area contributed by atoms with Gasteiger partial charge in [-0.05, 0) is 13.3 Å². The number of carbonyl (C=O) groups is 1. The second-order valence-electron chi connectivity index (χ2n) is 2.14. The van der Waals surface area contributed by atoms with Crippen LogP contribution in [0.25, 0.3) is 0 Å². The minimum Gasteiger partial charge on any atom is -0.375 e. The van der Waals surface area contributed by atoms with E-state index in [1.54, 1.807) is 0 Å². The molecule has 0 aliphatic heterocycles. The molecule has 3 heteroatoms. The van der Waals surface area contributed by atoms with Crippen LogP contribution in [0.3, 0.4) is 0 Å². The molecular formula is C8H15NO2. The first-order valence-corrected chi connectivity index (χ1v) is 3.68. The van der Waals surface area contributed by atoms with Crippen LogP contribution in [0.15, 0.2) is 12.2 Å². The van der Waals surface area contributed by atoms with E-state index in [2.05, 4.69) is 10.1 Å². The van der Waals surface area contributed by atoms with E-state index in [9.17, 15) is 4.79 Å². The van der Waals surface area contributed by atoms with E-state index in [-0.39, 0.29) is 12.5 Å². The van der Waals surface area contributed by atoms with Crippen molar-refractivity contribution in [2.75, 3.05) is 20.3 Å². The van der Waals surface area contributed by atoms with Crippen molar-refractivity contribution in [3.05, 3.63) is 12.2 Å². The molecule has 1 amide bonds. The monoisotopic (exact) mass is 157 g/mol. The highest BCUT2D eigenvalue weighted by molar-refractivity contribution is 5.77. The van der Waals surface area contributed by atoms with Crippen LogP contribution in [0.1, 0.15) is 13.3 Å². The molecule has 0 bridgehead atoms. The third kappa shape index (κ3) is 7.06. The molecule has 0 fully saturated rings. The van der Waals surface area contributed by atoms with Gasteiger partial charge in [0, 0.05) is 13.7 Å². The van der Waals surface area contributed by atoms with Crippen molar-refractivity contribution >= 4 is 5.91 Å². The van der Waals surface area contributed by atoms with Gasteiger partial charge in [0.05, 0.1) is 0 Å². The van der Waals surface area contributed by atoms with Crippen molar-refractivity contribution in [2.45, 2.75) is 13.3 Å². The summed E-state index contributed by atoms with van der Waals surface area (Å²) in [7, 11) is 1.51. The lowest BCUT2D eigenvalue weighted by atomic mass is 10.4. The fraction of sp³-hybridized carbons (Fsp3) is 0.625. The summed E-state index contributed by atoms with van der Waals surface area (Å²) in [5, 5.41) is 2.70. The van der Waals surface area contributed by atoms with Crippen LogP contribution >= 0.6 is 0 Å². The van der Waals surface area contributed by atoms with Gasteiger partial charge in [0.25, 0.3) is 0 Å². The van der Waals surface area contributed by atoms with Crippen molar-refractivity contribution in [1.82, 2.24) is 5.32 Å². The maximum absolute atomic E-state index is 10.7. The highest BCUT2D eigenvalue weighted by atomic mass is 16.5. The number of amides is 1. The molecule has 0 aromatic carbocycles. The molecule has 0 saturated carbocycles. The Kier molecular flexibility index (Phi) is 6.73. The van der Waals surface area contributed by atoms with Crippen molar-refractivity contribution in [3.63, 3.8) is 0 Å². The number of hydrogen-bond donors (Lipinski definition) is 1. The number of methoxy groups -OCH3 is 1. The normalized spacial score (nSPS) is 10.4. The van der Waals surface area contributed by atoms with Gasteiger partial charge in [-0.3, -0.25) is 4.79 Å². The van der Waals surface area contributed by atoms with Crippen LogP contribution in [-0.2, 0) is 9.53 Å². The topological polar surface area (TPSA) is 38.3 Å². The molecule has 0 unspecified atom stereocenters. The number of carbonyl (C=O) groups excluding carboxylic acids is 1. The fourth-order valence-corrected chi connectivity index (χ4v) is 0.644. The molecule has 0 atom stereocenters. The minimum atomic E-state index is -0.0583. The van der Waals surface area contributed by atoms with E-state index in [4.69, 9.17) is 0 Å². The van der Waals surface area contributed by atoms with Crippen molar-refractivity contribution < 1.29 is 9.53 Å². The van der Waals surface area contributed by atoms with Gasteiger partial charge in [-0.1, -0.05) is 12.2 Å². The van der Waals surface area contributed by atoms with Gasteiger partial charge in [-0.15, -0.1) is 0 Å². The minimum absolute atomic E-state index is 0.0583. The zero-order valence-electron chi connectivity index (χ0n) is 7.09. The van der Waals surface area contributed by atoms with Crippen LogP contribution in [0.5, 0.6) is 0 Å². The van der Waals surface area contributed by atoms with E-state index < -0.39 is 0 Å². The average molecular weight is 157 g/mol. The van der Waals surface area contributed by atoms with Gasteiger partial charge in [0.2, 0.25) is 5.91 Å². The van der Waals surface area contributed by atoms with E-state index in [1.807, 2.05) is 19.1 Å². The van der Waals surface area contributed by atoms with Crippen molar-refractivity contribution in [1.29, 1.82) is 0 Å². The molecular weight excluding hydrogens is 142 g/mol. The summed E-state index contributed by atoms with van der Waals surface area (Å²) in [5.74, 6) is -0.0583. The molecule has 0 aromatic rings. The molecule has 0 aromatic heterocycles. The van der Waals surface area contributed by atoms with Gasteiger partial charge in [-0.2, -0.15) is 0 Å². The van der Waals surface area contributed by atoms with Crippen LogP contribution in [0, 0.1) is 0 Å². The van der Waals surface area contributed by atoms with Crippen LogP contribution in [0.4, 0.5) is 0 Å². The Morgan fingerprint density at radius 1 is 1.64 bits per heavy atom. The van der Waals surface area contributed by atoms with E-state index in [0.717, 1.165) is 6.42 Å². The third-order valence-electron chi connectivity index (χ3n) is 1.14. The molecule has 0 aliphatic carbocycles. The Labute approximate surface area is 67.4 Å². The van der Waals surface area contributed by atoms with Crippen LogP contribution < -0.4 is 5.32 Å². The number of ether oxygens (including phenoxy) is 1. The second kappa shape index (κ2) is 7.28. The number of allylic oxidation sites excluding steroid dienone is 1. The molecule has 0 spiro atoms. The number of nitrogens with one attached hydrogen (secondary N) is 1. The third-order valence-corrected chi connectivity index (χ3v) is 1.14. The summed E-state index contributed by atoms with van der Waals surface area (Å²) < 4.78 is 4.63. The maximum Gasteiger partial charge on any atom is 0.245 e. The number of rotatable bonds is 5. The second-order valence-corrected chi connectivity index (χ2v) is 2.14. The Balaban J connectivity index is 3.17. The quantitative estimate of drug-likeness (QED) is 0.471. The molecule has 3 nitrogen and oxygen atoms in total. The van der Waals surface area contributed by atoms with Crippen molar-refractivity contribution in [3.8, 4) is 0 Å².